The van der Waals surface area contributed by atoms with Crippen molar-refractivity contribution in [2.75, 3.05) is 0 Å². The van der Waals surface area contributed by atoms with Crippen molar-refractivity contribution in [2.45, 2.75) is 25.2 Å². The molecule has 3 nitrogen and oxygen atoms in total. The number of fused-ring (bicyclic) bond motifs is 1. The van der Waals surface area contributed by atoms with E-state index in [0.29, 0.717) is 11.1 Å². The van der Waals surface area contributed by atoms with E-state index in [-0.39, 0.29) is 37.6 Å². The van der Waals surface area contributed by atoms with E-state index in [2.05, 4.69) is 26.0 Å². The maximum atomic E-state index is 12.8. The van der Waals surface area contributed by atoms with E-state index in [1.54, 1.807) is 12.1 Å². The molecule has 1 aliphatic heterocycles. The van der Waals surface area contributed by atoms with Crippen LogP contribution in [0.25, 0.3) is 0 Å². The standard InChI is InChI=1S/C19H19NO2Se/c1-3-13(2)19(23-14-9-5-4-6-10-14)20-17(21)15-11-7-8-12-16(15)18(20)22/h4-13,19H,3H2,1-2H3/t13-,19+/m0/s1. The molecule has 0 bridgehead atoms. The van der Waals surface area contributed by atoms with Crippen LogP contribution in [0, 0.1) is 5.92 Å². The number of carbonyl (C=O) groups is 2. The Kier molecular flexibility index (Phi) is 4.65. The van der Waals surface area contributed by atoms with Crippen LogP contribution in [-0.2, 0) is 0 Å². The van der Waals surface area contributed by atoms with Gasteiger partial charge in [0.25, 0.3) is 0 Å². The van der Waals surface area contributed by atoms with Gasteiger partial charge in [0.15, 0.2) is 0 Å². The van der Waals surface area contributed by atoms with Crippen molar-refractivity contribution >= 4 is 31.2 Å². The first-order valence-electron chi connectivity index (χ1n) is 7.82. The van der Waals surface area contributed by atoms with Crippen molar-refractivity contribution in [3.63, 3.8) is 0 Å². The number of hydrogen-bond acceptors (Lipinski definition) is 2. The van der Waals surface area contributed by atoms with E-state index in [1.165, 1.54) is 9.36 Å². The van der Waals surface area contributed by atoms with Gasteiger partial charge in [-0.25, -0.2) is 0 Å². The molecule has 0 aromatic heterocycles. The molecule has 118 valence electrons. The van der Waals surface area contributed by atoms with Crippen LogP contribution in [-0.4, -0.2) is 36.6 Å². The molecule has 0 radical (unpaired) electrons. The van der Waals surface area contributed by atoms with Crippen LogP contribution < -0.4 is 4.46 Å². The molecule has 0 unspecified atom stereocenters. The Morgan fingerprint density at radius 2 is 1.43 bits per heavy atom. The van der Waals surface area contributed by atoms with E-state index < -0.39 is 0 Å². The molecule has 1 aliphatic rings. The van der Waals surface area contributed by atoms with Crippen LogP contribution in [0.4, 0.5) is 0 Å². The number of benzene rings is 2. The number of hydrogen-bond donors (Lipinski definition) is 0. The Hall–Kier alpha value is -1.90. The van der Waals surface area contributed by atoms with E-state index in [4.69, 9.17) is 0 Å². The van der Waals surface area contributed by atoms with Gasteiger partial charge in [0, 0.05) is 0 Å². The molecule has 1 heterocycles. The first kappa shape index (κ1) is 16.0. The minimum atomic E-state index is -0.145. The third-order valence-corrected chi connectivity index (χ3v) is 7.28. The van der Waals surface area contributed by atoms with Gasteiger partial charge in [-0.1, -0.05) is 0 Å². The summed E-state index contributed by atoms with van der Waals surface area (Å²) in [5, 5.41) is 0. The fraction of sp³-hybridized carbons (Fsp3) is 0.263. The zero-order valence-corrected chi connectivity index (χ0v) is 14.9. The zero-order valence-electron chi connectivity index (χ0n) is 13.2. The van der Waals surface area contributed by atoms with Gasteiger partial charge in [0.2, 0.25) is 0 Å². The van der Waals surface area contributed by atoms with Crippen molar-refractivity contribution in [3.8, 4) is 0 Å². The summed E-state index contributed by atoms with van der Waals surface area (Å²) in [5.74, 6) is -0.0140. The fourth-order valence-corrected chi connectivity index (χ4v) is 5.46. The number of amides is 2. The predicted octanol–water partition coefficient (Wildman–Crippen LogP) is 2.68. The molecule has 0 saturated heterocycles. The maximum absolute atomic E-state index is 12.8. The molecule has 2 aromatic carbocycles. The van der Waals surface area contributed by atoms with Crippen LogP contribution in [0.2, 0.25) is 0 Å². The van der Waals surface area contributed by atoms with Crippen LogP contribution in [0.3, 0.4) is 0 Å². The number of nitrogens with zero attached hydrogens (tertiary/aromatic N) is 1. The molecule has 2 amide bonds. The third-order valence-electron chi connectivity index (χ3n) is 4.21. The molecular formula is C19H19NO2Se. The Balaban J connectivity index is 1.95. The number of rotatable bonds is 5. The average molecular weight is 372 g/mol. The summed E-state index contributed by atoms with van der Waals surface area (Å²) in [6.07, 6.45) is 0.937. The van der Waals surface area contributed by atoms with Crippen molar-refractivity contribution < 1.29 is 9.59 Å². The summed E-state index contributed by atoms with van der Waals surface area (Å²) >= 11 is 0.0318. The molecule has 0 N–H and O–H groups in total. The average Bonchev–Trinajstić information content (AvgIpc) is 2.85. The number of imide groups is 1. The van der Waals surface area contributed by atoms with Crippen molar-refractivity contribution in [2.24, 2.45) is 5.92 Å². The molecule has 3 rings (SSSR count). The summed E-state index contributed by atoms with van der Waals surface area (Å²) in [7, 11) is 0. The quantitative estimate of drug-likeness (QED) is 0.598. The van der Waals surface area contributed by atoms with Gasteiger partial charge in [0.05, 0.1) is 0 Å². The normalized spacial score (nSPS) is 16.3. The van der Waals surface area contributed by atoms with Gasteiger partial charge in [-0.2, -0.15) is 0 Å². The Morgan fingerprint density at radius 3 is 1.96 bits per heavy atom. The van der Waals surface area contributed by atoms with Crippen molar-refractivity contribution in [1.29, 1.82) is 0 Å². The van der Waals surface area contributed by atoms with Gasteiger partial charge in [-0.05, 0) is 0 Å². The van der Waals surface area contributed by atoms with Crippen LogP contribution >= 0.6 is 0 Å². The molecule has 0 saturated carbocycles. The summed E-state index contributed by atoms with van der Waals surface area (Å²) in [6, 6.07) is 17.3. The summed E-state index contributed by atoms with van der Waals surface area (Å²) in [4.78, 5) is 27.0. The molecular weight excluding hydrogens is 353 g/mol. The first-order chi connectivity index (χ1) is 11.1. The SMILES string of the molecule is CC[C@H](C)[C@@H]([Se]c1ccccc1)N1C(=O)c2ccccc2C1=O. The molecule has 0 aliphatic carbocycles. The van der Waals surface area contributed by atoms with Gasteiger partial charge >= 0.3 is 143 Å². The van der Waals surface area contributed by atoms with E-state index >= 15 is 0 Å². The van der Waals surface area contributed by atoms with Crippen molar-refractivity contribution in [1.82, 2.24) is 4.90 Å². The van der Waals surface area contributed by atoms with Crippen molar-refractivity contribution in [3.05, 3.63) is 65.7 Å². The molecule has 2 atom stereocenters. The zero-order chi connectivity index (χ0) is 16.4. The third kappa shape index (κ3) is 2.97. The number of carbonyl (C=O) groups excluding carboxylic acids is 2. The van der Waals surface area contributed by atoms with Crippen LogP contribution in [0.5, 0.6) is 0 Å². The minimum absolute atomic E-state index is 0.0318. The Morgan fingerprint density at radius 1 is 0.913 bits per heavy atom. The van der Waals surface area contributed by atoms with Gasteiger partial charge < -0.3 is 0 Å². The van der Waals surface area contributed by atoms with E-state index in [0.717, 1.165) is 6.42 Å². The predicted molar refractivity (Wildman–Crippen MR) is 92.0 cm³/mol. The van der Waals surface area contributed by atoms with Gasteiger partial charge in [-0.15, -0.1) is 0 Å². The van der Waals surface area contributed by atoms with Gasteiger partial charge in [-0.3, -0.25) is 0 Å². The molecule has 4 heteroatoms. The summed E-state index contributed by atoms with van der Waals surface area (Å²) < 4.78 is 1.21. The molecule has 0 fully saturated rings. The van der Waals surface area contributed by atoms with E-state index in [9.17, 15) is 9.59 Å². The Bertz CT molecular complexity index is 694. The summed E-state index contributed by atoms with van der Waals surface area (Å²) in [5.41, 5.74) is 1.07. The first-order valence-corrected chi connectivity index (χ1v) is 9.66. The summed E-state index contributed by atoms with van der Waals surface area (Å²) in [6.45, 7) is 4.23. The topological polar surface area (TPSA) is 37.4 Å². The molecule has 23 heavy (non-hydrogen) atoms. The second kappa shape index (κ2) is 6.69. The van der Waals surface area contributed by atoms with Crippen LogP contribution in [0.15, 0.2) is 54.6 Å². The van der Waals surface area contributed by atoms with Gasteiger partial charge in [0.1, 0.15) is 0 Å². The monoisotopic (exact) mass is 373 g/mol. The molecule has 2 aromatic rings. The van der Waals surface area contributed by atoms with Crippen LogP contribution in [0.1, 0.15) is 41.0 Å². The fourth-order valence-electron chi connectivity index (χ4n) is 2.70. The Labute approximate surface area is 142 Å². The second-order valence-corrected chi connectivity index (χ2v) is 8.23. The van der Waals surface area contributed by atoms with E-state index in [1.807, 2.05) is 30.3 Å². The second-order valence-electron chi connectivity index (χ2n) is 5.73. The molecule has 0 spiro atoms.